The highest BCUT2D eigenvalue weighted by Crippen LogP contribution is 2.28. The van der Waals surface area contributed by atoms with Crippen molar-refractivity contribution in [3.05, 3.63) is 27.7 Å². The normalized spacial score (nSPS) is 17.6. The Morgan fingerprint density at radius 1 is 1.28 bits per heavy atom. The topological polar surface area (TPSA) is 46.6 Å². The van der Waals surface area contributed by atoms with E-state index in [1.54, 1.807) is 0 Å². The van der Waals surface area contributed by atoms with E-state index >= 15 is 0 Å². The lowest BCUT2D eigenvalue weighted by atomic mass is 10.1. The SMILES string of the molecule is Cc1cc(OC2CN(S(C)(=O)=O)C2)cc(C)c1Br. The van der Waals surface area contributed by atoms with E-state index in [1.807, 2.05) is 26.0 Å². The van der Waals surface area contributed by atoms with Crippen molar-refractivity contribution in [1.82, 2.24) is 4.31 Å². The Labute approximate surface area is 116 Å². The van der Waals surface area contributed by atoms with Crippen LogP contribution in [0.3, 0.4) is 0 Å². The minimum Gasteiger partial charge on any atom is -0.488 e. The molecule has 100 valence electrons. The average molecular weight is 334 g/mol. The van der Waals surface area contributed by atoms with Crippen LogP contribution >= 0.6 is 15.9 Å². The molecule has 0 bridgehead atoms. The number of halogens is 1. The Kier molecular flexibility index (Phi) is 3.71. The van der Waals surface area contributed by atoms with Crippen LogP contribution in [0.1, 0.15) is 11.1 Å². The minimum absolute atomic E-state index is 0.0419. The molecule has 1 saturated heterocycles. The Morgan fingerprint density at radius 2 is 1.78 bits per heavy atom. The summed E-state index contributed by atoms with van der Waals surface area (Å²) in [6.45, 7) is 4.89. The Bertz CT molecular complexity index is 542. The van der Waals surface area contributed by atoms with Gasteiger partial charge in [0.25, 0.3) is 0 Å². The fourth-order valence-electron chi connectivity index (χ4n) is 1.91. The van der Waals surface area contributed by atoms with E-state index < -0.39 is 10.0 Å². The zero-order valence-corrected chi connectivity index (χ0v) is 13.0. The number of rotatable bonds is 3. The van der Waals surface area contributed by atoms with Gasteiger partial charge >= 0.3 is 0 Å². The van der Waals surface area contributed by atoms with Crippen molar-refractivity contribution >= 4 is 26.0 Å². The molecule has 0 radical (unpaired) electrons. The van der Waals surface area contributed by atoms with Gasteiger partial charge in [0.2, 0.25) is 10.0 Å². The maximum absolute atomic E-state index is 11.2. The molecular weight excluding hydrogens is 318 g/mol. The predicted octanol–water partition coefficient (Wildman–Crippen LogP) is 2.09. The Hall–Kier alpha value is -0.590. The van der Waals surface area contributed by atoms with E-state index in [9.17, 15) is 8.42 Å². The van der Waals surface area contributed by atoms with Crippen molar-refractivity contribution in [3.8, 4) is 5.75 Å². The quantitative estimate of drug-likeness (QED) is 0.850. The van der Waals surface area contributed by atoms with Gasteiger partial charge in [0, 0.05) is 4.47 Å². The van der Waals surface area contributed by atoms with Gasteiger partial charge < -0.3 is 4.74 Å². The number of hydrogen-bond acceptors (Lipinski definition) is 3. The smallest absolute Gasteiger partial charge is 0.211 e. The zero-order chi connectivity index (χ0) is 13.5. The number of hydrogen-bond donors (Lipinski definition) is 0. The second-order valence-electron chi connectivity index (χ2n) is 4.69. The molecule has 1 aliphatic heterocycles. The maximum atomic E-state index is 11.2. The first-order valence-electron chi connectivity index (χ1n) is 5.66. The summed E-state index contributed by atoms with van der Waals surface area (Å²) in [7, 11) is -3.07. The van der Waals surface area contributed by atoms with Gasteiger partial charge in [-0.2, -0.15) is 4.31 Å². The molecule has 6 heteroatoms. The van der Waals surface area contributed by atoms with E-state index in [4.69, 9.17) is 4.74 Å². The summed E-state index contributed by atoms with van der Waals surface area (Å²) in [6, 6.07) is 3.92. The molecule has 0 aliphatic carbocycles. The molecule has 0 atom stereocenters. The zero-order valence-electron chi connectivity index (χ0n) is 10.6. The van der Waals surface area contributed by atoms with Gasteiger partial charge in [0.1, 0.15) is 11.9 Å². The van der Waals surface area contributed by atoms with Crippen LogP contribution in [0.15, 0.2) is 16.6 Å². The molecule has 0 aromatic heterocycles. The number of sulfonamides is 1. The van der Waals surface area contributed by atoms with E-state index in [0.717, 1.165) is 21.3 Å². The van der Waals surface area contributed by atoms with Crippen LogP contribution in [0.25, 0.3) is 0 Å². The average Bonchev–Trinajstić information content (AvgIpc) is 2.17. The van der Waals surface area contributed by atoms with Crippen LogP contribution in [0.5, 0.6) is 5.75 Å². The lowest BCUT2D eigenvalue weighted by molar-refractivity contribution is 0.0766. The van der Waals surface area contributed by atoms with Crippen LogP contribution in [-0.4, -0.2) is 38.2 Å². The molecule has 1 aromatic rings. The van der Waals surface area contributed by atoms with Crippen LogP contribution in [0.4, 0.5) is 0 Å². The molecule has 1 heterocycles. The monoisotopic (exact) mass is 333 g/mol. The first-order chi connectivity index (χ1) is 8.27. The summed E-state index contributed by atoms with van der Waals surface area (Å²) in [6.07, 6.45) is 1.18. The lowest BCUT2D eigenvalue weighted by Gasteiger charge is -2.37. The summed E-state index contributed by atoms with van der Waals surface area (Å²) >= 11 is 3.50. The van der Waals surface area contributed by atoms with Gasteiger partial charge in [-0.25, -0.2) is 8.42 Å². The second kappa shape index (κ2) is 4.83. The van der Waals surface area contributed by atoms with Gasteiger partial charge in [-0.1, -0.05) is 15.9 Å². The summed E-state index contributed by atoms with van der Waals surface area (Å²) in [4.78, 5) is 0. The maximum Gasteiger partial charge on any atom is 0.211 e. The van der Waals surface area contributed by atoms with E-state index in [1.165, 1.54) is 10.6 Å². The highest BCUT2D eigenvalue weighted by Gasteiger charge is 2.34. The third kappa shape index (κ3) is 2.87. The van der Waals surface area contributed by atoms with Crippen molar-refractivity contribution in [2.45, 2.75) is 20.0 Å². The molecule has 0 spiro atoms. The molecular formula is C12H16BrNO3S. The molecule has 2 rings (SSSR count). The summed E-state index contributed by atoms with van der Waals surface area (Å²) in [5.74, 6) is 0.798. The molecule has 18 heavy (non-hydrogen) atoms. The van der Waals surface area contributed by atoms with Crippen LogP contribution < -0.4 is 4.74 Å². The summed E-state index contributed by atoms with van der Waals surface area (Å²) < 4.78 is 30.7. The Morgan fingerprint density at radius 3 is 2.22 bits per heavy atom. The molecule has 1 fully saturated rings. The molecule has 0 saturated carbocycles. The first-order valence-corrected chi connectivity index (χ1v) is 8.30. The number of benzene rings is 1. The minimum atomic E-state index is -3.07. The van der Waals surface area contributed by atoms with Crippen molar-refractivity contribution in [2.24, 2.45) is 0 Å². The van der Waals surface area contributed by atoms with Gasteiger partial charge in [0.05, 0.1) is 19.3 Å². The second-order valence-corrected chi connectivity index (χ2v) is 7.47. The van der Waals surface area contributed by atoms with Crippen LogP contribution in [0, 0.1) is 13.8 Å². The number of ether oxygens (including phenoxy) is 1. The first kappa shape index (κ1) is 13.8. The summed E-state index contributed by atoms with van der Waals surface area (Å²) in [5.41, 5.74) is 2.23. The standard InChI is InChI=1S/C12H16BrNO3S/c1-8-4-10(5-9(2)12(8)13)17-11-6-14(7-11)18(3,15)16/h4-5,11H,6-7H2,1-3H3. The van der Waals surface area contributed by atoms with Crippen LogP contribution in [0.2, 0.25) is 0 Å². The predicted molar refractivity (Wildman–Crippen MR) is 74.4 cm³/mol. The molecule has 0 N–H and O–H groups in total. The fraction of sp³-hybridized carbons (Fsp3) is 0.500. The van der Waals surface area contributed by atoms with Gasteiger partial charge in [0.15, 0.2) is 0 Å². The number of nitrogens with zero attached hydrogens (tertiary/aromatic N) is 1. The van der Waals surface area contributed by atoms with Gasteiger partial charge in [-0.15, -0.1) is 0 Å². The highest BCUT2D eigenvalue weighted by atomic mass is 79.9. The van der Waals surface area contributed by atoms with Crippen molar-refractivity contribution in [3.63, 3.8) is 0 Å². The summed E-state index contributed by atoms with van der Waals surface area (Å²) in [5, 5.41) is 0. The van der Waals surface area contributed by atoms with Crippen molar-refractivity contribution in [2.75, 3.05) is 19.3 Å². The van der Waals surface area contributed by atoms with Crippen molar-refractivity contribution < 1.29 is 13.2 Å². The third-order valence-corrected chi connectivity index (χ3v) is 5.48. The molecule has 0 unspecified atom stereocenters. The van der Waals surface area contributed by atoms with Crippen LogP contribution in [-0.2, 0) is 10.0 Å². The van der Waals surface area contributed by atoms with Crippen molar-refractivity contribution in [1.29, 1.82) is 0 Å². The lowest BCUT2D eigenvalue weighted by Crippen LogP contribution is -2.55. The van der Waals surface area contributed by atoms with E-state index in [2.05, 4.69) is 15.9 Å². The number of aryl methyl sites for hydroxylation is 2. The van der Waals surface area contributed by atoms with E-state index in [0.29, 0.717) is 13.1 Å². The van der Waals surface area contributed by atoms with E-state index in [-0.39, 0.29) is 6.10 Å². The largest absolute Gasteiger partial charge is 0.488 e. The third-order valence-electron chi connectivity index (χ3n) is 3.00. The Balaban J connectivity index is 2.01. The van der Waals surface area contributed by atoms with Gasteiger partial charge in [-0.05, 0) is 37.1 Å². The molecule has 0 amide bonds. The molecule has 4 nitrogen and oxygen atoms in total. The van der Waals surface area contributed by atoms with Gasteiger partial charge in [-0.3, -0.25) is 0 Å². The molecule has 1 aromatic carbocycles. The fourth-order valence-corrected chi connectivity index (χ4v) is 3.02. The molecule has 1 aliphatic rings. The highest BCUT2D eigenvalue weighted by molar-refractivity contribution is 9.10.